The van der Waals surface area contributed by atoms with Crippen molar-refractivity contribution < 1.29 is 4.79 Å². The van der Waals surface area contributed by atoms with Crippen LogP contribution in [0.25, 0.3) is 11.3 Å². The molecule has 0 unspecified atom stereocenters. The average molecular weight is 321 g/mol. The highest BCUT2D eigenvalue weighted by Crippen LogP contribution is 2.25. The van der Waals surface area contributed by atoms with Crippen LogP contribution in [-0.4, -0.2) is 31.1 Å². The number of amides is 1. The number of anilines is 1. The third-order valence-electron chi connectivity index (χ3n) is 2.59. The van der Waals surface area contributed by atoms with Crippen molar-refractivity contribution in [1.29, 1.82) is 0 Å². The van der Waals surface area contributed by atoms with E-state index in [9.17, 15) is 4.79 Å². The quantitative estimate of drug-likeness (QED) is 0.795. The van der Waals surface area contributed by atoms with Crippen LogP contribution in [0.1, 0.15) is 0 Å². The van der Waals surface area contributed by atoms with Crippen molar-refractivity contribution >= 4 is 34.0 Å². The van der Waals surface area contributed by atoms with Crippen molar-refractivity contribution in [3.8, 4) is 11.3 Å². The minimum absolute atomic E-state index is 0.0445. The molecule has 0 bridgehead atoms. The number of carbonyl (C=O) groups excluding carboxylic acids is 1. The zero-order valence-corrected chi connectivity index (χ0v) is 12.2. The summed E-state index contributed by atoms with van der Waals surface area (Å²) in [7, 11) is 0. The average Bonchev–Trinajstić information content (AvgIpc) is 3.11. The Labute approximate surface area is 128 Å². The molecular weight excluding hydrogens is 312 g/mol. The summed E-state index contributed by atoms with van der Waals surface area (Å²) < 4.78 is 1.34. The topological polar surface area (TPSA) is 85.6 Å². The Balaban J connectivity index is 1.67. The number of thiazole rings is 1. The van der Waals surface area contributed by atoms with Gasteiger partial charge in [0.1, 0.15) is 12.9 Å². The lowest BCUT2D eigenvalue weighted by molar-refractivity contribution is -0.116. The predicted octanol–water partition coefficient (Wildman–Crippen LogP) is 2.09. The Hall–Kier alpha value is -2.32. The van der Waals surface area contributed by atoms with Gasteiger partial charge in [0.2, 0.25) is 5.91 Å². The Morgan fingerprint density at radius 2 is 2.14 bits per heavy atom. The lowest BCUT2D eigenvalue weighted by Crippen LogP contribution is -2.19. The second-order valence-electron chi connectivity index (χ2n) is 4.10. The fourth-order valence-electron chi connectivity index (χ4n) is 1.64. The molecule has 21 heavy (non-hydrogen) atoms. The van der Waals surface area contributed by atoms with E-state index in [1.807, 2.05) is 17.5 Å². The van der Waals surface area contributed by atoms with E-state index in [0.29, 0.717) is 10.2 Å². The number of nitrogens with zero attached hydrogens (tertiary/aromatic N) is 5. The smallest absolute Gasteiger partial charge is 0.248 e. The fourth-order valence-corrected chi connectivity index (χ4v) is 2.50. The van der Waals surface area contributed by atoms with Gasteiger partial charge in [0.05, 0.1) is 5.69 Å². The number of benzene rings is 1. The van der Waals surface area contributed by atoms with Crippen LogP contribution in [-0.2, 0) is 11.3 Å². The molecule has 0 saturated heterocycles. The van der Waals surface area contributed by atoms with Gasteiger partial charge >= 0.3 is 0 Å². The third kappa shape index (κ3) is 3.41. The van der Waals surface area contributed by atoms with Gasteiger partial charge in [-0.05, 0) is 22.6 Å². The molecule has 0 aliphatic rings. The molecule has 3 rings (SSSR count). The minimum atomic E-state index is -0.237. The van der Waals surface area contributed by atoms with Crippen LogP contribution in [0.5, 0.6) is 0 Å². The van der Waals surface area contributed by atoms with Gasteiger partial charge in [-0.25, -0.2) is 9.67 Å². The third-order valence-corrected chi connectivity index (χ3v) is 3.60. The number of rotatable bonds is 4. The molecule has 1 N–H and O–H groups in total. The Morgan fingerprint density at radius 3 is 2.86 bits per heavy atom. The van der Waals surface area contributed by atoms with Gasteiger partial charge in [-0.2, -0.15) is 0 Å². The molecule has 0 atom stereocenters. The van der Waals surface area contributed by atoms with E-state index in [1.165, 1.54) is 22.3 Å². The molecule has 1 amide bonds. The lowest BCUT2D eigenvalue weighted by atomic mass is 10.2. The van der Waals surface area contributed by atoms with Crippen molar-refractivity contribution in [1.82, 2.24) is 25.2 Å². The van der Waals surface area contributed by atoms with Gasteiger partial charge in [0.15, 0.2) is 5.13 Å². The summed E-state index contributed by atoms with van der Waals surface area (Å²) in [5.74, 6) is -0.237. The monoisotopic (exact) mass is 320 g/mol. The Kier molecular flexibility index (Phi) is 3.89. The van der Waals surface area contributed by atoms with Crippen LogP contribution in [0.3, 0.4) is 0 Å². The van der Waals surface area contributed by atoms with E-state index in [1.54, 1.807) is 12.1 Å². The van der Waals surface area contributed by atoms with Crippen LogP contribution in [0.2, 0.25) is 5.02 Å². The van der Waals surface area contributed by atoms with E-state index in [-0.39, 0.29) is 12.5 Å². The molecule has 1 aromatic carbocycles. The summed E-state index contributed by atoms with van der Waals surface area (Å²) in [6.45, 7) is 0.0445. The van der Waals surface area contributed by atoms with E-state index < -0.39 is 0 Å². The molecule has 9 heteroatoms. The van der Waals surface area contributed by atoms with Crippen LogP contribution in [0, 0.1) is 0 Å². The number of carbonyl (C=O) groups is 1. The standard InChI is InChI=1S/C12H9ClN6OS/c13-9-3-1-8(2-4-9)10-6-21-12(15-10)16-11(20)5-19-7-14-17-18-19/h1-4,6-7H,5H2,(H,15,16,20). The Morgan fingerprint density at radius 1 is 1.33 bits per heavy atom. The molecule has 106 valence electrons. The molecule has 7 nitrogen and oxygen atoms in total. The summed E-state index contributed by atoms with van der Waals surface area (Å²) in [5, 5.41) is 16.3. The summed E-state index contributed by atoms with van der Waals surface area (Å²) >= 11 is 7.20. The molecule has 2 heterocycles. The van der Waals surface area contributed by atoms with Gasteiger partial charge in [0.25, 0.3) is 0 Å². The molecule has 0 saturated carbocycles. The number of hydrogen-bond acceptors (Lipinski definition) is 6. The van der Waals surface area contributed by atoms with Crippen LogP contribution >= 0.6 is 22.9 Å². The van der Waals surface area contributed by atoms with E-state index >= 15 is 0 Å². The zero-order chi connectivity index (χ0) is 14.7. The number of nitrogens with one attached hydrogen (secondary N) is 1. The van der Waals surface area contributed by atoms with Crippen molar-refractivity contribution in [3.63, 3.8) is 0 Å². The maximum Gasteiger partial charge on any atom is 0.248 e. The molecule has 0 aliphatic carbocycles. The first-order valence-electron chi connectivity index (χ1n) is 5.93. The minimum Gasteiger partial charge on any atom is -0.300 e. The molecule has 0 aliphatic heterocycles. The SMILES string of the molecule is O=C(Cn1cnnn1)Nc1nc(-c2ccc(Cl)cc2)cs1. The highest BCUT2D eigenvalue weighted by Gasteiger charge is 2.09. The lowest BCUT2D eigenvalue weighted by Gasteiger charge is -2.00. The summed E-state index contributed by atoms with van der Waals surface area (Å²) in [5.41, 5.74) is 1.73. The fraction of sp³-hybridized carbons (Fsp3) is 0.0833. The van der Waals surface area contributed by atoms with Crippen LogP contribution < -0.4 is 5.32 Å². The number of hydrogen-bond donors (Lipinski definition) is 1. The van der Waals surface area contributed by atoms with Crippen molar-refractivity contribution in [2.75, 3.05) is 5.32 Å². The van der Waals surface area contributed by atoms with Gasteiger partial charge in [-0.1, -0.05) is 23.7 Å². The number of halogens is 1. The van der Waals surface area contributed by atoms with Crippen molar-refractivity contribution in [2.45, 2.75) is 6.54 Å². The van der Waals surface area contributed by atoms with Crippen molar-refractivity contribution in [2.24, 2.45) is 0 Å². The van der Waals surface area contributed by atoms with Crippen LogP contribution in [0.4, 0.5) is 5.13 Å². The molecule has 0 radical (unpaired) electrons. The maximum absolute atomic E-state index is 11.8. The molecule has 2 aromatic heterocycles. The zero-order valence-electron chi connectivity index (χ0n) is 10.6. The number of aromatic nitrogens is 5. The Bertz CT molecular complexity index is 739. The second-order valence-corrected chi connectivity index (χ2v) is 5.39. The van der Waals surface area contributed by atoms with Gasteiger partial charge < -0.3 is 5.32 Å². The van der Waals surface area contributed by atoms with E-state index in [2.05, 4.69) is 25.8 Å². The first-order chi connectivity index (χ1) is 10.2. The first kappa shape index (κ1) is 13.7. The molecular formula is C12H9ClN6OS. The van der Waals surface area contributed by atoms with Crippen LogP contribution in [0.15, 0.2) is 36.0 Å². The van der Waals surface area contributed by atoms with E-state index in [0.717, 1.165) is 11.3 Å². The largest absolute Gasteiger partial charge is 0.300 e. The molecule has 0 fully saturated rings. The van der Waals surface area contributed by atoms with Gasteiger partial charge in [0, 0.05) is 16.0 Å². The maximum atomic E-state index is 11.8. The summed E-state index contributed by atoms with van der Waals surface area (Å²) in [6.07, 6.45) is 1.38. The second kappa shape index (κ2) is 5.98. The molecule has 0 spiro atoms. The van der Waals surface area contributed by atoms with Crippen molar-refractivity contribution in [3.05, 3.63) is 41.0 Å². The normalized spacial score (nSPS) is 10.5. The summed E-state index contributed by atoms with van der Waals surface area (Å²) in [6, 6.07) is 7.35. The predicted molar refractivity (Wildman–Crippen MR) is 79.0 cm³/mol. The van der Waals surface area contributed by atoms with Gasteiger partial charge in [-0.15, -0.1) is 16.4 Å². The number of tetrazole rings is 1. The highest BCUT2D eigenvalue weighted by molar-refractivity contribution is 7.14. The first-order valence-corrected chi connectivity index (χ1v) is 7.18. The van der Waals surface area contributed by atoms with Gasteiger partial charge in [-0.3, -0.25) is 4.79 Å². The van der Waals surface area contributed by atoms with E-state index in [4.69, 9.17) is 11.6 Å². The molecule has 3 aromatic rings. The summed E-state index contributed by atoms with van der Waals surface area (Å²) in [4.78, 5) is 16.2. The highest BCUT2D eigenvalue weighted by atomic mass is 35.5.